The average molecular weight is 333 g/mol. The quantitative estimate of drug-likeness (QED) is 0.862. The Bertz CT molecular complexity index is 479. The zero-order chi connectivity index (χ0) is 13.9. The van der Waals surface area contributed by atoms with Gasteiger partial charge in [0.05, 0.1) is 16.0 Å². The van der Waals surface area contributed by atoms with Gasteiger partial charge >= 0.3 is 0 Å². The third-order valence-corrected chi connectivity index (χ3v) is 3.15. The Morgan fingerprint density at radius 3 is 2.61 bits per heavy atom. The predicted octanol–water partition coefficient (Wildman–Crippen LogP) is 2.72. The third kappa shape index (κ3) is 3.74. The number of carbonyl (C=O) groups is 1. The van der Waals surface area contributed by atoms with E-state index in [2.05, 4.69) is 15.9 Å². The van der Waals surface area contributed by atoms with Crippen molar-refractivity contribution in [3.8, 4) is 0 Å². The molecular weight excluding hydrogens is 319 g/mol. The summed E-state index contributed by atoms with van der Waals surface area (Å²) in [5, 5.41) is 0. The number of halogens is 2. The van der Waals surface area contributed by atoms with Crippen LogP contribution in [0.4, 0.5) is 4.39 Å². The van der Waals surface area contributed by atoms with Gasteiger partial charge in [0.15, 0.2) is 0 Å². The molecule has 1 rings (SSSR count). The monoisotopic (exact) mass is 332 g/mol. The number of nitrogens with zero attached hydrogens (tertiary/aromatic N) is 1. The van der Waals surface area contributed by atoms with E-state index < -0.39 is 5.82 Å². The van der Waals surface area contributed by atoms with E-state index in [4.69, 9.17) is 18.0 Å². The van der Waals surface area contributed by atoms with Gasteiger partial charge in [-0.25, -0.2) is 4.39 Å². The minimum absolute atomic E-state index is 0.0642. The predicted molar refractivity (Wildman–Crippen MR) is 77.1 cm³/mol. The molecular formula is C12H14BrFN2OS. The molecule has 0 spiro atoms. The van der Waals surface area contributed by atoms with Crippen LogP contribution in [0.25, 0.3) is 0 Å². The number of carbonyl (C=O) groups excluding carboxylic acids is 1. The van der Waals surface area contributed by atoms with Gasteiger partial charge in [0, 0.05) is 11.6 Å². The smallest absolute Gasteiger partial charge is 0.254 e. The molecule has 0 heterocycles. The van der Waals surface area contributed by atoms with E-state index in [0.29, 0.717) is 4.47 Å². The second-order valence-corrected chi connectivity index (χ2v) is 5.50. The fourth-order valence-corrected chi connectivity index (χ4v) is 1.84. The highest BCUT2D eigenvalue weighted by Gasteiger charge is 2.20. The van der Waals surface area contributed by atoms with Gasteiger partial charge in [0.25, 0.3) is 5.91 Å². The second kappa shape index (κ2) is 6.24. The van der Waals surface area contributed by atoms with E-state index >= 15 is 0 Å². The minimum atomic E-state index is -0.472. The summed E-state index contributed by atoms with van der Waals surface area (Å²) in [6.45, 7) is 3.89. The first-order chi connectivity index (χ1) is 8.32. The highest BCUT2D eigenvalue weighted by Crippen LogP contribution is 2.18. The molecule has 0 aromatic heterocycles. The molecule has 0 saturated heterocycles. The van der Waals surface area contributed by atoms with Crippen molar-refractivity contribution >= 4 is 39.0 Å². The van der Waals surface area contributed by atoms with Gasteiger partial charge in [0.2, 0.25) is 0 Å². The van der Waals surface area contributed by atoms with Crippen molar-refractivity contribution in [2.45, 2.75) is 19.9 Å². The summed E-state index contributed by atoms with van der Waals surface area (Å²) >= 11 is 7.85. The number of hydrogen-bond acceptors (Lipinski definition) is 2. The van der Waals surface area contributed by atoms with Crippen LogP contribution in [0.3, 0.4) is 0 Å². The Balaban J connectivity index is 3.02. The van der Waals surface area contributed by atoms with E-state index in [-0.39, 0.29) is 29.0 Å². The summed E-state index contributed by atoms with van der Waals surface area (Å²) in [6.07, 6.45) is 0. The molecule has 0 radical (unpaired) electrons. The summed E-state index contributed by atoms with van der Waals surface area (Å²) < 4.78 is 13.7. The largest absolute Gasteiger partial charge is 0.392 e. The van der Waals surface area contributed by atoms with E-state index in [1.54, 1.807) is 6.07 Å². The topological polar surface area (TPSA) is 46.3 Å². The number of rotatable bonds is 4. The van der Waals surface area contributed by atoms with Crippen LogP contribution in [0.15, 0.2) is 22.7 Å². The zero-order valence-electron chi connectivity index (χ0n) is 10.1. The molecule has 1 aromatic carbocycles. The first kappa shape index (κ1) is 15.0. The number of thiocarbonyl (C=S) groups is 1. The number of amides is 1. The summed E-state index contributed by atoms with van der Waals surface area (Å²) in [5.74, 6) is -0.760. The van der Waals surface area contributed by atoms with Crippen LogP contribution in [0.5, 0.6) is 0 Å². The maximum atomic E-state index is 13.4. The van der Waals surface area contributed by atoms with Gasteiger partial charge in [-0.1, -0.05) is 12.2 Å². The number of nitrogens with two attached hydrogens (primary N) is 1. The van der Waals surface area contributed by atoms with Crippen LogP contribution in [-0.4, -0.2) is 28.4 Å². The summed E-state index contributed by atoms with van der Waals surface area (Å²) in [6, 6.07) is 4.19. The molecule has 0 aliphatic carbocycles. The van der Waals surface area contributed by atoms with Crippen LogP contribution in [0.1, 0.15) is 24.2 Å². The molecule has 0 saturated carbocycles. The molecule has 6 heteroatoms. The Kier molecular flexibility index (Phi) is 5.22. The van der Waals surface area contributed by atoms with Crippen LogP contribution >= 0.6 is 28.1 Å². The van der Waals surface area contributed by atoms with E-state index in [0.717, 1.165) is 0 Å². The molecule has 98 valence electrons. The lowest BCUT2D eigenvalue weighted by molar-refractivity contribution is 0.0735. The fourth-order valence-electron chi connectivity index (χ4n) is 1.45. The van der Waals surface area contributed by atoms with E-state index in [1.807, 2.05) is 13.8 Å². The van der Waals surface area contributed by atoms with Crippen LogP contribution in [0.2, 0.25) is 0 Å². The van der Waals surface area contributed by atoms with E-state index in [1.165, 1.54) is 17.0 Å². The molecule has 0 aliphatic heterocycles. The first-order valence-electron chi connectivity index (χ1n) is 5.37. The summed E-state index contributed by atoms with van der Waals surface area (Å²) in [7, 11) is 0. The van der Waals surface area contributed by atoms with Crippen LogP contribution in [-0.2, 0) is 0 Å². The minimum Gasteiger partial charge on any atom is -0.392 e. The second-order valence-electron chi connectivity index (χ2n) is 4.12. The summed E-state index contributed by atoms with van der Waals surface area (Å²) in [4.78, 5) is 14.0. The molecule has 0 fully saturated rings. The fraction of sp³-hybridized carbons (Fsp3) is 0.333. The van der Waals surface area contributed by atoms with Gasteiger partial charge in [-0.2, -0.15) is 0 Å². The number of hydrogen-bond donors (Lipinski definition) is 1. The molecule has 2 N–H and O–H groups in total. The van der Waals surface area contributed by atoms with Crippen LogP contribution in [0, 0.1) is 5.82 Å². The van der Waals surface area contributed by atoms with Crippen molar-refractivity contribution < 1.29 is 9.18 Å². The maximum Gasteiger partial charge on any atom is 0.254 e. The third-order valence-electron chi connectivity index (χ3n) is 2.38. The lowest BCUT2D eigenvalue weighted by atomic mass is 10.1. The van der Waals surface area contributed by atoms with Crippen LogP contribution < -0.4 is 5.73 Å². The van der Waals surface area contributed by atoms with Gasteiger partial charge in [-0.15, -0.1) is 0 Å². The molecule has 1 aromatic rings. The Hall–Kier alpha value is -1.01. The Labute approximate surface area is 119 Å². The standard InChI is InChI=1S/C12H14BrFN2OS/c1-7(2)16(6-11(15)18)12(17)8-3-4-9(13)10(14)5-8/h3-5,7H,6H2,1-2H3,(H2,15,18). The molecule has 3 nitrogen and oxygen atoms in total. The number of benzene rings is 1. The maximum absolute atomic E-state index is 13.4. The van der Waals surface area contributed by atoms with Crippen molar-refractivity contribution in [2.75, 3.05) is 6.54 Å². The highest BCUT2D eigenvalue weighted by atomic mass is 79.9. The molecule has 1 amide bonds. The zero-order valence-corrected chi connectivity index (χ0v) is 12.5. The Morgan fingerprint density at radius 1 is 1.56 bits per heavy atom. The van der Waals surface area contributed by atoms with Gasteiger partial charge < -0.3 is 10.6 Å². The van der Waals surface area contributed by atoms with Crippen molar-refractivity contribution in [1.82, 2.24) is 4.90 Å². The van der Waals surface area contributed by atoms with Crippen molar-refractivity contribution in [2.24, 2.45) is 5.73 Å². The molecule has 0 atom stereocenters. The van der Waals surface area contributed by atoms with E-state index in [9.17, 15) is 9.18 Å². The lowest BCUT2D eigenvalue weighted by Crippen LogP contribution is -2.42. The molecule has 0 unspecified atom stereocenters. The van der Waals surface area contributed by atoms with Gasteiger partial charge in [0.1, 0.15) is 5.82 Å². The van der Waals surface area contributed by atoms with Crippen molar-refractivity contribution in [3.05, 3.63) is 34.1 Å². The lowest BCUT2D eigenvalue weighted by Gasteiger charge is -2.26. The normalized spacial score (nSPS) is 10.5. The molecule has 0 aliphatic rings. The first-order valence-corrected chi connectivity index (χ1v) is 6.57. The average Bonchev–Trinajstić information content (AvgIpc) is 2.28. The summed E-state index contributed by atoms with van der Waals surface area (Å²) in [5.41, 5.74) is 5.74. The SMILES string of the molecule is CC(C)N(CC(N)=S)C(=O)c1ccc(Br)c(F)c1. The van der Waals surface area contributed by atoms with Crippen molar-refractivity contribution in [1.29, 1.82) is 0 Å². The molecule has 0 bridgehead atoms. The van der Waals surface area contributed by atoms with Gasteiger partial charge in [-0.05, 0) is 48.0 Å². The Morgan fingerprint density at radius 2 is 2.17 bits per heavy atom. The van der Waals surface area contributed by atoms with Gasteiger partial charge in [-0.3, -0.25) is 4.79 Å². The molecule has 18 heavy (non-hydrogen) atoms. The highest BCUT2D eigenvalue weighted by molar-refractivity contribution is 9.10. The van der Waals surface area contributed by atoms with Crippen molar-refractivity contribution in [3.63, 3.8) is 0 Å².